The van der Waals surface area contributed by atoms with Crippen molar-refractivity contribution in [3.8, 4) is 0 Å². The molecule has 0 bridgehead atoms. The van der Waals surface area contributed by atoms with Gasteiger partial charge in [0.25, 0.3) is 5.91 Å². The number of benzene rings is 1. The number of pyridine rings is 1. The first-order valence-electron chi connectivity index (χ1n) is 5.25. The third-order valence-corrected chi connectivity index (χ3v) is 2.36. The van der Waals surface area contributed by atoms with Crippen LogP contribution in [0.4, 0.5) is 26.0 Å². The minimum atomic E-state index is -0.779. The molecule has 0 saturated carbocycles. The molecule has 0 aliphatic heterocycles. The summed E-state index contributed by atoms with van der Waals surface area (Å²) in [5, 5.41) is 2.51. The van der Waals surface area contributed by atoms with Gasteiger partial charge in [-0.3, -0.25) is 4.79 Å². The normalized spacial score (nSPS) is 10.2. The average molecular weight is 264 g/mol. The Kier molecular flexibility index (Phi) is 3.28. The van der Waals surface area contributed by atoms with Crippen molar-refractivity contribution < 1.29 is 13.6 Å². The zero-order valence-corrected chi connectivity index (χ0v) is 9.65. The summed E-state index contributed by atoms with van der Waals surface area (Å²) in [7, 11) is 0. The Bertz CT molecular complexity index is 646. The number of halogens is 2. The molecule has 0 aliphatic rings. The maximum Gasteiger partial charge on any atom is 0.252 e. The van der Waals surface area contributed by atoms with E-state index >= 15 is 0 Å². The second kappa shape index (κ2) is 4.89. The van der Waals surface area contributed by atoms with Crippen molar-refractivity contribution >= 4 is 23.1 Å². The standard InChI is InChI=1S/C12H10F2N4O/c13-6-1-2-9(14)10(3-6)18-12-8(11(16)19)4-7(15)5-17-12/h1-5H,15H2,(H2,16,19)(H,17,18). The van der Waals surface area contributed by atoms with Crippen molar-refractivity contribution in [1.82, 2.24) is 4.98 Å². The molecule has 0 saturated heterocycles. The van der Waals surface area contributed by atoms with Crippen LogP contribution in [0.5, 0.6) is 0 Å². The first-order valence-corrected chi connectivity index (χ1v) is 5.25. The van der Waals surface area contributed by atoms with E-state index in [1.54, 1.807) is 0 Å². The van der Waals surface area contributed by atoms with Gasteiger partial charge >= 0.3 is 0 Å². The second-order valence-corrected chi connectivity index (χ2v) is 3.78. The predicted octanol–water partition coefficient (Wildman–Crippen LogP) is 1.78. The molecular formula is C12H10F2N4O. The van der Waals surface area contributed by atoms with Crippen LogP contribution in [0.2, 0.25) is 0 Å². The van der Waals surface area contributed by atoms with Gasteiger partial charge in [0, 0.05) is 6.07 Å². The molecule has 1 amide bonds. The van der Waals surface area contributed by atoms with Crippen molar-refractivity contribution in [2.24, 2.45) is 5.73 Å². The summed E-state index contributed by atoms with van der Waals surface area (Å²) in [4.78, 5) is 15.1. The zero-order chi connectivity index (χ0) is 14.0. The highest BCUT2D eigenvalue weighted by molar-refractivity contribution is 5.99. The van der Waals surface area contributed by atoms with Gasteiger partial charge in [-0.1, -0.05) is 0 Å². The smallest absolute Gasteiger partial charge is 0.252 e. The van der Waals surface area contributed by atoms with Crippen LogP contribution in [0.3, 0.4) is 0 Å². The van der Waals surface area contributed by atoms with Crippen LogP contribution in [0.15, 0.2) is 30.5 Å². The lowest BCUT2D eigenvalue weighted by Crippen LogP contribution is -2.15. The molecule has 1 heterocycles. The molecule has 0 fully saturated rings. The molecule has 7 heteroatoms. The fourth-order valence-electron chi connectivity index (χ4n) is 1.49. The molecule has 2 rings (SSSR count). The van der Waals surface area contributed by atoms with Gasteiger partial charge in [0.15, 0.2) is 0 Å². The van der Waals surface area contributed by atoms with Gasteiger partial charge in [-0.25, -0.2) is 13.8 Å². The maximum absolute atomic E-state index is 13.5. The summed E-state index contributed by atoms with van der Waals surface area (Å²) in [5.41, 5.74) is 10.7. The number of rotatable bonds is 3. The third-order valence-electron chi connectivity index (χ3n) is 2.36. The van der Waals surface area contributed by atoms with E-state index in [2.05, 4.69) is 10.3 Å². The number of nitrogens with zero attached hydrogens (tertiary/aromatic N) is 1. The number of carbonyl (C=O) groups excluding carboxylic acids is 1. The lowest BCUT2D eigenvalue weighted by atomic mass is 10.2. The SMILES string of the molecule is NC(=O)c1cc(N)cnc1Nc1cc(F)ccc1F. The number of amides is 1. The van der Waals surface area contributed by atoms with Crippen LogP contribution in [0.25, 0.3) is 0 Å². The van der Waals surface area contributed by atoms with Crippen LogP contribution in [-0.2, 0) is 0 Å². The van der Waals surface area contributed by atoms with E-state index < -0.39 is 17.5 Å². The minimum Gasteiger partial charge on any atom is -0.397 e. The van der Waals surface area contributed by atoms with E-state index in [-0.39, 0.29) is 22.8 Å². The van der Waals surface area contributed by atoms with E-state index in [1.807, 2.05) is 0 Å². The summed E-state index contributed by atoms with van der Waals surface area (Å²) >= 11 is 0. The van der Waals surface area contributed by atoms with Gasteiger partial charge in [0.1, 0.15) is 17.5 Å². The highest BCUT2D eigenvalue weighted by atomic mass is 19.1. The van der Waals surface area contributed by atoms with Gasteiger partial charge in [0.05, 0.1) is 23.1 Å². The van der Waals surface area contributed by atoms with E-state index in [0.717, 1.165) is 18.2 Å². The lowest BCUT2D eigenvalue weighted by molar-refractivity contribution is 0.100. The number of anilines is 3. The fraction of sp³-hybridized carbons (Fsp3) is 0. The molecule has 1 aromatic heterocycles. The van der Waals surface area contributed by atoms with Crippen molar-refractivity contribution in [2.75, 3.05) is 11.1 Å². The van der Waals surface area contributed by atoms with Crippen molar-refractivity contribution in [1.29, 1.82) is 0 Å². The Morgan fingerprint density at radius 2 is 2.00 bits per heavy atom. The first kappa shape index (κ1) is 12.7. The van der Waals surface area contributed by atoms with Crippen LogP contribution in [0, 0.1) is 11.6 Å². The molecule has 0 radical (unpaired) electrons. The molecule has 1 aromatic carbocycles. The number of nitrogens with two attached hydrogens (primary N) is 2. The Balaban J connectivity index is 2.43. The Hall–Kier alpha value is -2.70. The molecule has 2 aromatic rings. The van der Waals surface area contributed by atoms with Crippen molar-refractivity contribution in [3.63, 3.8) is 0 Å². The quantitative estimate of drug-likeness (QED) is 0.787. The molecule has 19 heavy (non-hydrogen) atoms. The number of primary amides is 1. The van der Waals surface area contributed by atoms with E-state index in [0.29, 0.717) is 0 Å². The molecule has 0 aliphatic carbocycles. The molecule has 5 N–H and O–H groups in total. The monoisotopic (exact) mass is 264 g/mol. The molecular weight excluding hydrogens is 254 g/mol. The topological polar surface area (TPSA) is 94.0 Å². The summed E-state index contributed by atoms with van der Waals surface area (Å²) in [6.07, 6.45) is 1.27. The Morgan fingerprint density at radius 1 is 1.26 bits per heavy atom. The highest BCUT2D eigenvalue weighted by Gasteiger charge is 2.12. The number of nitrogen functional groups attached to an aromatic ring is 1. The van der Waals surface area contributed by atoms with Crippen molar-refractivity contribution in [3.05, 3.63) is 47.7 Å². The summed E-state index contributed by atoms with van der Waals surface area (Å²) in [6.45, 7) is 0. The third kappa shape index (κ3) is 2.76. The maximum atomic E-state index is 13.5. The number of carbonyl (C=O) groups is 1. The van der Waals surface area contributed by atoms with Gasteiger partial charge < -0.3 is 16.8 Å². The van der Waals surface area contributed by atoms with Gasteiger partial charge in [-0.15, -0.1) is 0 Å². The molecule has 0 unspecified atom stereocenters. The lowest BCUT2D eigenvalue weighted by Gasteiger charge is -2.10. The summed E-state index contributed by atoms with van der Waals surface area (Å²) < 4.78 is 26.5. The van der Waals surface area contributed by atoms with Gasteiger partial charge in [-0.2, -0.15) is 0 Å². The number of nitrogens with one attached hydrogen (secondary N) is 1. The average Bonchev–Trinajstić information content (AvgIpc) is 2.35. The van der Waals surface area contributed by atoms with Gasteiger partial charge in [0.2, 0.25) is 0 Å². The van der Waals surface area contributed by atoms with Crippen molar-refractivity contribution in [2.45, 2.75) is 0 Å². The van der Waals surface area contributed by atoms with E-state index in [1.165, 1.54) is 12.3 Å². The largest absolute Gasteiger partial charge is 0.397 e. The molecule has 0 atom stereocenters. The van der Waals surface area contributed by atoms with Crippen LogP contribution < -0.4 is 16.8 Å². The van der Waals surface area contributed by atoms with Gasteiger partial charge in [-0.05, 0) is 18.2 Å². The highest BCUT2D eigenvalue weighted by Crippen LogP contribution is 2.23. The second-order valence-electron chi connectivity index (χ2n) is 3.78. The number of hydrogen-bond acceptors (Lipinski definition) is 4. The minimum absolute atomic E-state index is 0.00574. The first-order chi connectivity index (χ1) is 8.97. The predicted molar refractivity (Wildman–Crippen MR) is 66.8 cm³/mol. The van der Waals surface area contributed by atoms with E-state index in [4.69, 9.17) is 11.5 Å². The molecule has 98 valence electrons. The van der Waals surface area contributed by atoms with Crippen LogP contribution in [-0.4, -0.2) is 10.9 Å². The Morgan fingerprint density at radius 3 is 2.68 bits per heavy atom. The van der Waals surface area contributed by atoms with E-state index in [9.17, 15) is 13.6 Å². The summed E-state index contributed by atoms with van der Waals surface area (Å²) in [6, 6.07) is 4.18. The number of aromatic nitrogens is 1. The molecule has 0 spiro atoms. The fourth-order valence-corrected chi connectivity index (χ4v) is 1.49. The van der Waals surface area contributed by atoms with Crippen LogP contribution in [0.1, 0.15) is 10.4 Å². The Labute approximate surface area is 107 Å². The molecule has 5 nitrogen and oxygen atoms in total. The summed E-state index contributed by atoms with van der Waals surface area (Å²) in [5.74, 6) is -2.08. The number of hydrogen-bond donors (Lipinski definition) is 3. The van der Waals surface area contributed by atoms with Crippen LogP contribution >= 0.6 is 0 Å². The zero-order valence-electron chi connectivity index (χ0n) is 9.65.